The molecule has 2 aromatic heterocycles. The highest BCUT2D eigenvalue weighted by molar-refractivity contribution is 7.12. The summed E-state index contributed by atoms with van der Waals surface area (Å²) in [6, 6.07) is 7.80. The number of fused-ring (bicyclic) bond motifs is 2. The van der Waals surface area contributed by atoms with Crippen molar-refractivity contribution in [2.75, 3.05) is 13.6 Å². The SMILES string of the molecule is CN(CCCCCCCCC=O)C1C2CC[C@@H]1[C@H](OC(=O)C(O)(c1cccs1)c1cccs1)C2. The van der Waals surface area contributed by atoms with Crippen molar-refractivity contribution in [1.82, 2.24) is 4.90 Å². The number of rotatable bonds is 14. The predicted octanol–water partition coefficient (Wildman–Crippen LogP) is 5.62. The topological polar surface area (TPSA) is 66.8 Å². The van der Waals surface area contributed by atoms with E-state index in [2.05, 4.69) is 11.9 Å². The van der Waals surface area contributed by atoms with E-state index >= 15 is 0 Å². The molecule has 0 amide bonds. The molecule has 0 radical (unpaired) electrons. The predicted molar refractivity (Wildman–Crippen MR) is 137 cm³/mol. The van der Waals surface area contributed by atoms with Gasteiger partial charge in [0.1, 0.15) is 12.4 Å². The van der Waals surface area contributed by atoms with E-state index in [-0.39, 0.29) is 6.10 Å². The maximum atomic E-state index is 13.4. The van der Waals surface area contributed by atoms with Gasteiger partial charge in [-0.1, -0.05) is 37.8 Å². The van der Waals surface area contributed by atoms with E-state index in [4.69, 9.17) is 4.74 Å². The molecular weight excluding hydrogens is 466 g/mol. The van der Waals surface area contributed by atoms with Crippen LogP contribution in [0, 0.1) is 11.8 Å². The van der Waals surface area contributed by atoms with Crippen LogP contribution < -0.4 is 0 Å². The Balaban J connectivity index is 1.31. The summed E-state index contributed by atoms with van der Waals surface area (Å²) in [7, 11) is 2.22. The van der Waals surface area contributed by atoms with Gasteiger partial charge in [-0.25, -0.2) is 4.79 Å². The molecule has 1 N–H and O–H groups in total. The zero-order valence-electron chi connectivity index (χ0n) is 20.1. The van der Waals surface area contributed by atoms with Gasteiger partial charge in [0.2, 0.25) is 5.60 Å². The number of unbranched alkanes of at least 4 members (excludes halogenated alkanes) is 6. The van der Waals surface area contributed by atoms with Crippen molar-refractivity contribution in [1.29, 1.82) is 0 Å². The van der Waals surface area contributed by atoms with E-state index in [0.717, 1.165) is 38.5 Å². The molecule has 0 aliphatic heterocycles. The molecule has 5 nitrogen and oxygen atoms in total. The summed E-state index contributed by atoms with van der Waals surface area (Å²) in [5.41, 5.74) is -1.72. The Bertz CT molecular complexity index is 864. The summed E-state index contributed by atoms with van der Waals surface area (Å²) in [6.07, 6.45) is 11.8. The van der Waals surface area contributed by atoms with Crippen LogP contribution >= 0.6 is 22.7 Å². The quantitative estimate of drug-likeness (QED) is 0.206. The van der Waals surface area contributed by atoms with Gasteiger partial charge in [0.15, 0.2) is 0 Å². The summed E-state index contributed by atoms with van der Waals surface area (Å²) >= 11 is 2.77. The number of aldehydes is 1. The van der Waals surface area contributed by atoms with Crippen LogP contribution in [0.4, 0.5) is 0 Å². The van der Waals surface area contributed by atoms with Crippen molar-refractivity contribution in [3.05, 3.63) is 44.8 Å². The molecule has 2 heterocycles. The standard InChI is InChI=1S/C27H37NO4S2/c1-28(15-7-5-3-2-4-6-8-16-29)25-20-13-14-21(25)22(19-20)32-26(30)27(31,23-11-9-17-33-23)24-12-10-18-34-24/h9-12,16-18,20-22,25,31H,2-8,13-15,19H2,1H3/t20?,21-,22-,25?/m1/s1. The highest BCUT2D eigenvalue weighted by Crippen LogP contribution is 2.49. The summed E-state index contributed by atoms with van der Waals surface area (Å²) in [5.74, 6) is 0.372. The minimum Gasteiger partial charge on any atom is -0.459 e. The summed E-state index contributed by atoms with van der Waals surface area (Å²) in [4.78, 5) is 27.5. The molecule has 2 bridgehead atoms. The van der Waals surface area contributed by atoms with E-state index in [1.165, 1.54) is 54.8 Å². The zero-order valence-corrected chi connectivity index (χ0v) is 21.7. The summed E-state index contributed by atoms with van der Waals surface area (Å²) in [6.45, 7) is 1.07. The number of carbonyl (C=O) groups is 2. The number of carbonyl (C=O) groups excluding carboxylic acids is 2. The molecule has 4 atom stereocenters. The first kappa shape index (κ1) is 25.5. The molecule has 0 aromatic carbocycles. The van der Waals surface area contributed by atoms with E-state index in [0.29, 0.717) is 34.1 Å². The monoisotopic (exact) mass is 503 g/mol. The molecule has 2 aromatic rings. The van der Waals surface area contributed by atoms with Gasteiger partial charge < -0.3 is 19.5 Å². The number of thiophene rings is 2. The van der Waals surface area contributed by atoms with Crippen molar-refractivity contribution in [3.8, 4) is 0 Å². The van der Waals surface area contributed by atoms with Crippen LogP contribution in [0.2, 0.25) is 0 Å². The van der Waals surface area contributed by atoms with Crippen molar-refractivity contribution in [2.45, 2.75) is 82.0 Å². The molecule has 2 fully saturated rings. The summed E-state index contributed by atoms with van der Waals surface area (Å²) in [5, 5.41) is 15.3. The highest BCUT2D eigenvalue weighted by atomic mass is 32.1. The van der Waals surface area contributed by atoms with Crippen molar-refractivity contribution < 1.29 is 19.4 Å². The molecule has 2 aliphatic carbocycles. The fraction of sp³-hybridized carbons (Fsp3) is 0.630. The second-order valence-corrected chi connectivity index (χ2v) is 11.8. The first-order valence-electron chi connectivity index (χ1n) is 12.7. The van der Waals surface area contributed by atoms with Gasteiger partial charge >= 0.3 is 5.97 Å². The number of esters is 1. The molecule has 2 saturated carbocycles. The normalized spacial score (nSPS) is 24.1. The first-order chi connectivity index (χ1) is 16.6. The van der Waals surface area contributed by atoms with Gasteiger partial charge in [0.05, 0.1) is 9.75 Å². The lowest BCUT2D eigenvalue weighted by Crippen LogP contribution is -2.42. The Morgan fingerprint density at radius 3 is 2.35 bits per heavy atom. The van der Waals surface area contributed by atoms with Crippen LogP contribution in [0.1, 0.15) is 74.0 Å². The Morgan fingerprint density at radius 1 is 1.09 bits per heavy atom. The first-order valence-corrected chi connectivity index (χ1v) is 14.5. The molecule has 7 heteroatoms. The van der Waals surface area contributed by atoms with Gasteiger partial charge in [-0.15, -0.1) is 22.7 Å². The van der Waals surface area contributed by atoms with E-state index in [1.54, 1.807) is 0 Å². The molecule has 4 rings (SSSR count). The maximum absolute atomic E-state index is 13.4. The molecule has 2 aliphatic rings. The Labute approximate surface area is 211 Å². The number of aliphatic hydroxyl groups is 1. The second kappa shape index (κ2) is 11.9. The molecule has 0 spiro atoms. The summed E-state index contributed by atoms with van der Waals surface area (Å²) < 4.78 is 6.10. The van der Waals surface area contributed by atoms with Crippen LogP contribution in [0.25, 0.3) is 0 Å². The van der Waals surface area contributed by atoms with Crippen LogP contribution in [0.15, 0.2) is 35.0 Å². The number of nitrogens with zero attached hydrogens (tertiary/aromatic N) is 1. The largest absolute Gasteiger partial charge is 0.459 e. The van der Waals surface area contributed by atoms with Crippen molar-refractivity contribution in [2.24, 2.45) is 11.8 Å². The third-order valence-corrected chi connectivity index (χ3v) is 9.66. The van der Waals surface area contributed by atoms with Crippen LogP contribution in [-0.2, 0) is 19.9 Å². The van der Waals surface area contributed by atoms with E-state index in [1.807, 2.05) is 35.0 Å². The van der Waals surface area contributed by atoms with Gasteiger partial charge in [0.25, 0.3) is 0 Å². The van der Waals surface area contributed by atoms with Gasteiger partial charge in [-0.3, -0.25) is 0 Å². The van der Waals surface area contributed by atoms with Crippen LogP contribution in [-0.4, -0.2) is 48.0 Å². The molecule has 186 valence electrons. The average Bonchev–Trinajstić information content (AvgIpc) is 3.65. The lowest BCUT2D eigenvalue weighted by molar-refractivity contribution is -0.170. The van der Waals surface area contributed by atoms with Crippen molar-refractivity contribution in [3.63, 3.8) is 0 Å². The minimum absolute atomic E-state index is 0.122. The number of ether oxygens (including phenoxy) is 1. The van der Waals surface area contributed by atoms with Gasteiger partial charge in [0, 0.05) is 18.4 Å². The lowest BCUT2D eigenvalue weighted by Gasteiger charge is -2.31. The average molecular weight is 504 g/mol. The fourth-order valence-corrected chi connectivity index (χ4v) is 7.73. The van der Waals surface area contributed by atoms with Gasteiger partial charge in [-0.05, 0) is 74.5 Å². The molecular formula is C27H37NO4S2. The smallest absolute Gasteiger partial charge is 0.349 e. The van der Waals surface area contributed by atoms with Crippen LogP contribution in [0.5, 0.6) is 0 Å². The van der Waals surface area contributed by atoms with E-state index < -0.39 is 11.6 Å². The minimum atomic E-state index is -1.72. The number of hydrogen-bond acceptors (Lipinski definition) is 7. The maximum Gasteiger partial charge on any atom is 0.349 e. The molecule has 2 unspecified atom stereocenters. The second-order valence-electron chi connectivity index (χ2n) is 9.89. The molecule has 34 heavy (non-hydrogen) atoms. The lowest BCUT2D eigenvalue weighted by atomic mass is 9.96. The van der Waals surface area contributed by atoms with Gasteiger partial charge in [-0.2, -0.15) is 0 Å². The zero-order chi connectivity index (χ0) is 24.0. The Hall–Kier alpha value is -1.54. The third kappa shape index (κ3) is 5.48. The third-order valence-electron chi connectivity index (χ3n) is 7.71. The van der Waals surface area contributed by atoms with Crippen LogP contribution in [0.3, 0.4) is 0 Å². The number of hydrogen-bond donors (Lipinski definition) is 1. The molecule has 0 saturated heterocycles. The highest BCUT2D eigenvalue weighted by Gasteiger charge is 2.53. The Morgan fingerprint density at radius 2 is 1.74 bits per heavy atom. The van der Waals surface area contributed by atoms with E-state index in [9.17, 15) is 14.7 Å². The Kier molecular flexibility index (Phi) is 8.97. The fourth-order valence-electron chi connectivity index (χ4n) is 6.02. The van der Waals surface area contributed by atoms with Crippen molar-refractivity contribution >= 4 is 34.9 Å².